The first-order valence-corrected chi connectivity index (χ1v) is 8.71. The molecule has 1 fully saturated rings. The summed E-state index contributed by atoms with van der Waals surface area (Å²) in [5.41, 5.74) is 0.815. The first kappa shape index (κ1) is 13.9. The molecule has 5 nitrogen and oxygen atoms in total. The van der Waals surface area contributed by atoms with Crippen molar-refractivity contribution in [1.29, 1.82) is 0 Å². The molecule has 0 saturated carbocycles. The topological polar surface area (TPSA) is 50.5 Å². The fraction of sp³-hybridized carbons (Fsp3) is 0.267. The van der Waals surface area contributed by atoms with Crippen molar-refractivity contribution >= 4 is 38.8 Å². The summed E-state index contributed by atoms with van der Waals surface area (Å²) in [6.45, 7) is 0.765. The van der Waals surface area contributed by atoms with Crippen molar-refractivity contribution in [2.24, 2.45) is 0 Å². The van der Waals surface area contributed by atoms with Crippen LogP contribution in [0.15, 0.2) is 40.3 Å². The van der Waals surface area contributed by atoms with Gasteiger partial charge in [-0.1, -0.05) is 6.07 Å². The first-order chi connectivity index (χ1) is 10.7. The lowest BCUT2D eigenvalue weighted by molar-refractivity contribution is 0.0734. The van der Waals surface area contributed by atoms with Crippen molar-refractivity contribution in [3.05, 3.63) is 51.0 Å². The van der Waals surface area contributed by atoms with Gasteiger partial charge in [0.1, 0.15) is 0 Å². The lowest BCUT2D eigenvalue weighted by Gasteiger charge is -2.22. The van der Waals surface area contributed by atoms with Crippen LogP contribution < -0.4 is 0 Å². The molecule has 4 rings (SSSR count). The third-order valence-electron chi connectivity index (χ3n) is 3.94. The highest BCUT2D eigenvalue weighted by Gasteiger charge is 2.34. The Balaban J connectivity index is 1.70. The van der Waals surface area contributed by atoms with E-state index in [1.807, 2.05) is 45.8 Å². The van der Waals surface area contributed by atoms with Gasteiger partial charge in [-0.15, -0.1) is 21.5 Å². The van der Waals surface area contributed by atoms with Crippen molar-refractivity contribution < 1.29 is 4.79 Å². The average molecular weight is 377 g/mol. The second kappa shape index (κ2) is 5.48. The molecule has 1 aliphatic heterocycles. The molecule has 0 N–H and O–H groups in total. The number of carbonyl (C=O) groups is 1. The first-order valence-electron chi connectivity index (χ1n) is 7.10. The van der Waals surface area contributed by atoms with Crippen LogP contribution in [0.25, 0.3) is 5.65 Å². The van der Waals surface area contributed by atoms with Crippen LogP contribution in [0, 0.1) is 0 Å². The van der Waals surface area contributed by atoms with Crippen LogP contribution in [0.4, 0.5) is 0 Å². The number of hydrogen-bond donors (Lipinski definition) is 0. The third kappa shape index (κ3) is 2.24. The van der Waals surface area contributed by atoms with Crippen LogP contribution in [-0.2, 0) is 0 Å². The van der Waals surface area contributed by atoms with E-state index in [9.17, 15) is 4.79 Å². The molecule has 7 heteroatoms. The van der Waals surface area contributed by atoms with Gasteiger partial charge in [0.15, 0.2) is 11.5 Å². The second-order valence-corrected chi connectivity index (χ2v) is 7.71. The van der Waals surface area contributed by atoms with Crippen LogP contribution in [-0.4, -0.2) is 31.9 Å². The van der Waals surface area contributed by atoms with Crippen LogP contribution in [0.3, 0.4) is 0 Å². The van der Waals surface area contributed by atoms with Gasteiger partial charge in [0.05, 0.1) is 14.7 Å². The summed E-state index contributed by atoms with van der Waals surface area (Å²) in [5.74, 6) is 0.919. The predicted molar refractivity (Wildman–Crippen MR) is 88.0 cm³/mol. The zero-order valence-electron chi connectivity index (χ0n) is 11.6. The van der Waals surface area contributed by atoms with E-state index in [0.29, 0.717) is 0 Å². The smallest absolute Gasteiger partial charge is 0.264 e. The van der Waals surface area contributed by atoms with Crippen LogP contribution >= 0.6 is 27.3 Å². The van der Waals surface area contributed by atoms with Crippen molar-refractivity contribution in [3.63, 3.8) is 0 Å². The minimum Gasteiger partial charge on any atom is -0.328 e. The minimum absolute atomic E-state index is 0.00854. The maximum atomic E-state index is 12.8. The number of fused-ring (bicyclic) bond motifs is 1. The van der Waals surface area contributed by atoms with E-state index in [4.69, 9.17) is 0 Å². The molecule has 0 spiro atoms. The third-order valence-corrected chi connectivity index (χ3v) is 5.55. The van der Waals surface area contributed by atoms with Gasteiger partial charge in [-0.3, -0.25) is 9.20 Å². The number of likely N-dealkylation sites (tertiary alicyclic amines) is 1. The Morgan fingerprint density at radius 1 is 1.27 bits per heavy atom. The monoisotopic (exact) mass is 376 g/mol. The van der Waals surface area contributed by atoms with Gasteiger partial charge in [-0.05, 0) is 53.0 Å². The fourth-order valence-electron chi connectivity index (χ4n) is 2.94. The molecule has 1 unspecified atom stereocenters. The number of aromatic nitrogens is 3. The highest BCUT2D eigenvalue weighted by molar-refractivity contribution is 9.11. The summed E-state index contributed by atoms with van der Waals surface area (Å²) in [7, 11) is 0. The minimum atomic E-state index is -0.00854. The number of halogens is 1. The van der Waals surface area contributed by atoms with E-state index in [-0.39, 0.29) is 11.9 Å². The van der Waals surface area contributed by atoms with E-state index < -0.39 is 0 Å². The lowest BCUT2D eigenvalue weighted by atomic mass is 10.2. The summed E-state index contributed by atoms with van der Waals surface area (Å²) < 4.78 is 2.94. The molecule has 1 atom stereocenters. The molecule has 3 aromatic heterocycles. The standard InChI is InChI=1S/C15H13BrN4OS/c16-12-7-6-11(22-12)15(21)19-9-3-4-10(19)14-18-17-13-5-1-2-8-20(13)14/h1-2,5-8,10H,3-4,9H2. The molecule has 112 valence electrons. The molecule has 4 heterocycles. The van der Waals surface area contributed by atoms with Gasteiger partial charge >= 0.3 is 0 Å². The number of carbonyl (C=O) groups excluding carboxylic acids is 1. The summed E-state index contributed by atoms with van der Waals surface area (Å²) in [6.07, 6.45) is 3.87. The SMILES string of the molecule is O=C(c1ccc(Br)s1)N1CCCC1c1nnc2ccccn12. The molecular formula is C15H13BrN4OS. The maximum absolute atomic E-state index is 12.8. The highest BCUT2D eigenvalue weighted by Crippen LogP contribution is 2.34. The van der Waals surface area contributed by atoms with E-state index >= 15 is 0 Å². The molecule has 1 aliphatic rings. The molecule has 3 aromatic rings. The van der Waals surface area contributed by atoms with Crippen LogP contribution in [0.1, 0.15) is 34.4 Å². The van der Waals surface area contributed by atoms with Crippen molar-refractivity contribution in [2.45, 2.75) is 18.9 Å². The number of amides is 1. The quantitative estimate of drug-likeness (QED) is 0.687. The summed E-state index contributed by atoms with van der Waals surface area (Å²) >= 11 is 4.88. The van der Waals surface area contributed by atoms with Crippen molar-refractivity contribution in [3.8, 4) is 0 Å². The fourth-order valence-corrected chi connectivity index (χ4v) is 4.28. The van der Waals surface area contributed by atoms with Gasteiger partial charge in [0.25, 0.3) is 5.91 Å². The Morgan fingerprint density at radius 3 is 3.00 bits per heavy atom. The summed E-state index contributed by atoms with van der Waals surface area (Å²) in [6, 6.07) is 9.59. The van der Waals surface area contributed by atoms with Gasteiger partial charge in [-0.2, -0.15) is 0 Å². The number of rotatable bonds is 2. The normalized spacial score (nSPS) is 18.2. The predicted octanol–water partition coefficient (Wildman–Crippen LogP) is 3.53. The Hall–Kier alpha value is -1.73. The number of hydrogen-bond acceptors (Lipinski definition) is 4. The Labute approximate surface area is 139 Å². The zero-order chi connectivity index (χ0) is 15.1. The van der Waals surface area contributed by atoms with Crippen molar-refractivity contribution in [1.82, 2.24) is 19.5 Å². The van der Waals surface area contributed by atoms with E-state index in [1.54, 1.807) is 0 Å². The van der Waals surface area contributed by atoms with Gasteiger partial charge in [-0.25, -0.2) is 0 Å². The maximum Gasteiger partial charge on any atom is 0.264 e. The Bertz CT molecular complexity index is 843. The number of pyridine rings is 1. The van der Waals surface area contributed by atoms with Crippen molar-refractivity contribution in [2.75, 3.05) is 6.54 Å². The summed E-state index contributed by atoms with van der Waals surface area (Å²) in [5, 5.41) is 8.53. The van der Waals surface area contributed by atoms with E-state index in [2.05, 4.69) is 26.1 Å². The lowest BCUT2D eigenvalue weighted by Crippen LogP contribution is -2.31. The number of nitrogens with zero attached hydrogens (tertiary/aromatic N) is 4. The Kier molecular flexibility index (Phi) is 3.46. The van der Waals surface area contributed by atoms with E-state index in [0.717, 1.165) is 39.5 Å². The van der Waals surface area contributed by atoms with Crippen LogP contribution in [0.2, 0.25) is 0 Å². The molecular weight excluding hydrogens is 364 g/mol. The van der Waals surface area contributed by atoms with Crippen LogP contribution in [0.5, 0.6) is 0 Å². The molecule has 22 heavy (non-hydrogen) atoms. The van der Waals surface area contributed by atoms with Gasteiger partial charge in [0.2, 0.25) is 0 Å². The Morgan fingerprint density at radius 2 is 2.18 bits per heavy atom. The molecule has 1 amide bonds. The molecule has 0 aromatic carbocycles. The zero-order valence-corrected chi connectivity index (χ0v) is 14.0. The average Bonchev–Trinajstić information content (AvgIpc) is 3.24. The highest BCUT2D eigenvalue weighted by atomic mass is 79.9. The molecule has 1 saturated heterocycles. The number of thiophene rings is 1. The molecule has 0 aliphatic carbocycles. The van der Waals surface area contributed by atoms with Gasteiger partial charge < -0.3 is 4.90 Å². The molecule has 0 bridgehead atoms. The van der Waals surface area contributed by atoms with Gasteiger partial charge in [0, 0.05) is 12.7 Å². The summed E-state index contributed by atoms with van der Waals surface area (Å²) in [4.78, 5) is 15.4. The largest absolute Gasteiger partial charge is 0.328 e. The molecule has 0 radical (unpaired) electrons. The second-order valence-electron chi connectivity index (χ2n) is 5.25. The van der Waals surface area contributed by atoms with E-state index in [1.165, 1.54) is 11.3 Å².